The van der Waals surface area contributed by atoms with Gasteiger partial charge < -0.3 is 9.64 Å². The van der Waals surface area contributed by atoms with Gasteiger partial charge in [-0.15, -0.1) is 10.2 Å². The average molecular weight is 429 g/mol. The maximum atomic E-state index is 13.1. The average Bonchev–Trinajstić information content (AvgIpc) is 3.20. The monoisotopic (exact) mass is 429 g/mol. The molecule has 0 N–H and O–H groups in total. The van der Waals surface area contributed by atoms with E-state index in [1.165, 1.54) is 10.5 Å². The third kappa shape index (κ3) is 4.30. The first kappa shape index (κ1) is 20.7. The van der Waals surface area contributed by atoms with E-state index >= 15 is 0 Å². The predicted molar refractivity (Wildman–Crippen MR) is 103 cm³/mol. The Bertz CT molecular complexity index is 1150. The molecule has 160 valence electrons. The molecule has 1 saturated heterocycles. The number of ether oxygens (including phenoxy) is 1. The number of piperidine rings is 1. The molecule has 1 fully saturated rings. The molecule has 0 spiro atoms. The number of pyridine rings is 1. The first-order valence-electron chi connectivity index (χ1n) is 9.68. The zero-order valence-corrected chi connectivity index (χ0v) is 16.3. The summed E-state index contributed by atoms with van der Waals surface area (Å²) in [6.07, 6.45) is -2.12. The topological polar surface area (TPSA) is 83.5 Å². The van der Waals surface area contributed by atoms with Gasteiger partial charge in [0.05, 0.1) is 11.1 Å². The molecule has 7 nitrogen and oxygen atoms in total. The van der Waals surface area contributed by atoms with E-state index in [1.807, 2.05) is 6.07 Å². The van der Waals surface area contributed by atoms with Gasteiger partial charge in [-0.05, 0) is 37.1 Å². The quantitative estimate of drug-likeness (QED) is 0.635. The van der Waals surface area contributed by atoms with E-state index in [2.05, 4.69) is 10.2 Å². The highest BCUT2D eigenvalue weighted by molar-refractivity contribution is 5.78. The number of hydrogen-bond donors (Lipinski definition) is 0. The van der Waals surface area contributed by atoms with Crippen molar-refractivity contribution in [1.82, 2.24) is 19.5 Å². The summed E-state index contributed by atoms with van der Waals surface area (Å²) < 4.78 is 46.2. The number of benzene rings is 1. The van der Waals surface area contributed by atoms with Crippen LogP contribution >= 0.6 is 0 Å². The summed E-state index contributed by atoms with van der Waals surface area (Å²) in [4.78, 5) is 14.3. The van der Waals surface area contributed by atoms with Crippen molar-refractivity contribution in [3.63, 3.8) is 0 Å². The normalized spacial score (nSPS) is 16.8. The highest BCUT2D eigenvalue weighted by atomic mass is 19.4. The summed E-state index contributed by atoms with van der Waals surface area (Å²) in [5, 5.41) is 17.2. The summed E-state index contributed by atoms with van der Waals surface area (Å²) in [5.74, 6) is 0.217. The Morgan fingerprint density at radius 1 is 1.23 bits per heavy atom. The van der Waals surface area contributed by atoms with Crippen molar-refractivity contribution in [2.24, 2.45) is 0 Å². The molecule has 4 rings (SSSR count). The number of hydrogen-bond acceptors (Lipinski definition) is 5. The minimum Gasteiger partial charge on any atom is -0.482 e. The second-order valence-electron chi connectivity index (χ2n) is 7.28. The fraction of sp³-hybridized carbons (Fsp3) is 0.333. The lowest BCUT2D eigenvalue weighted by Crippen LogP contribution is -2.42. The van der Waals surface area contributed by atoms with Crippen LogP contribution in [0.15, 0.2) is 42.6 Å². The zero-order valence-electron chi connectivity index (χ0n) is 16.3. The summed E-state index contributed by atoms with van der Waals surface area (Å²) in [7, 11) is 0. The number of nitriles is 1. The van der Waals surface area contributed by atoms with Gasteiger partial charge >= 0.3 is 6.18 Å². The van der Waals surface area contributed by atoms with E-state index in [1.54, 1.807) is 29.2 Å². The molecular formula is C21H18F3N5O2. The van der Waals surface area contributed by atoms with Crippen LogP contribution in [0.3, 0.4) is 0 Å². The van der Waals surface area contributed by atoms with E-state index < -0.39 is 11.7 Å². The van der Waals surface area contributed by atoms with Crippen LogP contribution in [0.1, 0.15) is 35.7 Å². The van der Waals surface area contributed by atoms with Crippen molar-refractivity contribution in [2.45, 2.75) is 24.9 Å². The number of para-hydroxylation sites is 1. The molecule has 1 aliphatic heterocycles. The molecule has 1 aliphatic rings. The molecule has 0 bridgehead atoms. The number of nitrogens with zero attached hydrogens (tertiary/aromatic N) is 5. The Kier molecular flexibility index (Phi) is 5.50. The van der Waals surface area contributed by atoms with Crippen molar-refractivity contribution in [3.05, 3.63) is 59.5 Å². The first-order valence-corrected chi connectivity index (χ1v) is 9.68. The van der Waals surface area contributed by atoms with Crippen molar-refractivity contribution < 1.29 is 22.7 Å². The van der Waals surface area contributed by atoms with Crippen LogP contribution < -0.4 is 4.74 Å². The molecule has 2 aromatic heterocycles. The predicted octanol–water partition coefficient (Wildman–Crippen LogP) is 3.40. The molecule has 31 heavy (non-hydrogen) atoms. The highest BCUT2D eigenvalue weighted by Crippen LogP contribution is 2.31. The van der Waals surface area contributed by atoms with Gasteiger partial charge in [-0.2, -0.15) is 18.4 Å². The van der Waals surface area contributed by atoms with Gasteiger partial charge in [0.2, 0.25) is 0 Å². The molecule has 10 heteroatoms. The largest absolute Gasteiger partial charge is 0.482 e. The number of aromatic nitrogens is 3. The van der Waals surface area contributed by atoms with Crippen LogP contribution in [0.25, 0.3) is 5.65 Å². The van der Waals surface area contributed by atoms with Crippen LogP contribution in [-0.4, -0.2) is 45.1 Å². The van der Waals surface area contributed by atoms with Gasteiger partial charge in [-0.1, -0.05) is 12.1 Å². The Morgan fingerprint density at radius 2 is 2.03 bits per heavy atom. The third-order valence-corrected chi connectivity index (χ3v) is 5.25. The van der Waals surface area contributed by atoms with Crippen molar-refractivity contribution >= 4 is 11.6 Å². The van der Waals surface area contributed by atoms with Gasteiger partial charge in [-0.3, -0.25) is 9.20 Å². The SMILES string of the molecule is N#Cc1ccccc1OCC(=O)N1CCCC(c2nnc3ccc(C(F)(F)F)cn23)C1. The number of carbonyl (C=O) groups excluding carboxylic acids is 1. The smallest absolute Gasteiger partial charge is 0.417 e. The van der Waals surface area contributed by atoms with E-state index in [9.17, 15) is 18.0 Å². The number of alkyl halides is 3. The Labute approximate surface area is 175 Å². The lowest BCUT2D eigenvalue weighted by atomic mass is 9.97. The van der Waals surface area contributed by atoms with E-state index in [4.69, 9.17) is 10.00 Å². The van der Waals surface area contributed by atoms with Gasteiger partial charge in [0.1, 0.15) is 17.6 Å². The minimum absolute atomic E-state index is 0.232. The maximum Gasteiger partial charge on any atom is 0.417 e. The molecule has 0 saturated carbocycles. The van der Waals surface area contributed by atoms with Crippen molar-refractivity contribution in [1.29, 1.82) is 5.26 Å². The number of rotatable bonds is 4. The number of amides is 1. The lowest BCUT2D eigenvalue weighted by molar-refractivity contribution is -0.138. The zero-order chi connectivity index (χ0) is 22.0. The Hall–Kier alpha value is -3.61. The molecule has 1 aromatic carbocycles. The molecular weight excluding hydrogens is 411 g/mol. The molecule has 3 aromatic rings. The first-order chi connectivity index (χ1) is 14.9. The van der Waals surface area contributed by atoms with Crippen molar-refractivity contribution in [3.8, 4) is 11.8 Å². The van der Waals surface area contributed by atoms with Crippen LogP contribution in [0, 0.1) is 11.3 Å². The Balaban J connectivity index is 1.48. The van der Waals surface area contributed by atoms with E-state index in [0.29, 0.717) is 48.7 Å². The fourth-order valence-corrected chi connectivity index (χ4v) is 3.68. The molecule has 3 heterocycles. The third-order valence-electron chi connectivity index (χ3n) is 5.25. The molecule has 1 amide bonds. The van der Waals surface area contributed by atoms with Gasteiger partial charge in [-0.25, -0.2) is 0 Å². The number of likely N-dealkylation sites (tertiary alicyclic amines) is 1. The minimum atomic E-state index is -4.47. The summed E-state index contributed by atoms with van der Waals surface area (Å²) in [6, 6.07) is 10.9. The number of carbonyl (C=O) groups is 1. The van der Waals surface area contributed by atoms with Gasteiger partial charge in [0, 0.05) is 25.2 Å². The van der Waals surface area contributed by atoms with Gasteiger partial charge in [0.15, 0.2) is 12.3 Å². The van der Waals surface area contributed by atoms with Crippen LogP contribution in [0.2, 0.25) is 0 Å². The van der Waals surface area contributed by atoms with E-state index in [0.717, 1.165) is 12.3 Å². The lowest BCUT2D eigenvalue weighted by Gasteiger charge is -2.32. The molecule has 1 atom stereocenters. The Morgan fingerprint density at radius 3 is 2.81 bits per heavy atom. The highest BCUT2D eigenvalue weighted by Gasteiger charge is 2.32. The van der Waals surface area contributed by atoms with Gasteiger partial charge in [0.25, 0.3) is 5.91 Å². The van der Waals surface area contributed by atoms with Crippen LogP contribution in [-0.2, 0) is 11.0 Å². The molecule has 0 radical (unpaired) electrons. The second kappa shape index (κ2) is 8.26. The molecule has 1 unspecified atom stereocenters. The summed E-state index contributed by atoms with van der Waals surface area (Å²) in [6.45, 7) is 0.590. The summed E-state index contributed by atoms with van der Waals surface area (Å²) in [5.41, 5.74) is -0.125. The number of halogens is 3. The van der Waals surface area contributed by atoms with Crippen LogP contribution in [0.4, 0.5) is 13.2 Å². The fourth-order valence-electron chi connectivity index (χ4n) is 3.68. The number of fused-ring (bicyclic) bond motifs is 1. The summed E-state index contributed by atoms with van der Waals surface area (Å²) >= 11 is 0. The van der Waals surface area contributed by atoms with E-state index in [-0.39, 0.29) is 18.4 Å². The second-order valence-corrected chi connectivity index (χ2v) is 7.28. The maximum absolute atomic E-state index is 13.1. The van der Waals surface area contributed by atoms with Crippen molar-refractivity contribution in [2.75, 3.05) is 19.7 Å². The standard InChI is InChI=1S/C21H18F3N5O2/c22-21(23,24)16-7-8-18-26-27-20(29(18)12-16)15-5-3-9-28(11-15)19(30)13-31-17-6-2-1-4-14(17)10-25/h1-2,4,6-8,12,15H,3,5,9,11,13H2. The molecule has 0 aliphatic carbocycles. The van der Waals surface area contributed by atoms with Crippen LogP contribution in [0.5, 0.6) is 5.75 Å².